The number of carbonyl (C=O) groups excluding carboxylic acids is 2. The Bertz CT molecular complexity index is 515. The van der Waals surface area contributed by atoms with Crippen LogP contribution < -0.4 is 0 Å². The van der Waals surface area contributed by atoms with E-state index in [0.717, 1.165) is 19.3 Å². The van der Waals surface area contributed by atoms with Gasteiger partial charge in [-0.3, -0.25) is 9.59 Å². The quantitative estimate of drug-likeness (QED) is 0.625. The molecule has 1 saturated heterocycles. The third-order valence-electron chi connectivity index (χ3n) is 5.10. The molecule has 112 valence electrons. The van der Waals surface area contributed by atoms with Gasteiger partial charge in [-0.2, -0.15) is 0 Å². The molecule has 3 rings (SSSR count). The number of carbonyl (C=O) groups is 2. The van der Waals surface area contributed by atoms with Gasteiger partial charge in [0.1, 0.15) is 6.10 Å². The van der Waals surface area contributed by atoms with E-state index < -0.39 is 0 Å². The Morgan fingerprint density at radius 2 is 1.81 bits per heavy atom. The van der Waals surface area contributed by atoms with Crippen LogP contribution in [0, 0.1) is 5.41 Å². The highest BCUT2D eigenvalue weighted by atomic mass is 16.5. The van der Waals surface area contributed by atoms with Crippen molar-refractivity contribution in [3.05, 3.63) is 35.9 Å². The van der Waals surface area contributed by atoms with Crippen LogP contribution in [0.5, 0.6) is 0 Å². The third kappa shape index (κ3) is 3.02. The second-order valence-corrected chi connectivity index (χ2v) is 6.39. The molecule has 0 amide bonds. The Kier molecular flexibility index (Phi) is 4.09. The molecule has 21 heavy (non-hydrogen) atoms. The summed E-state index contributed by atoms with van der Waals surface area (Å²) in [6.45, 7) is 0. The predicted octanol–water partition coefficient (Wildman–Crippen LogP) is 3.92. The summed E-state index contributed by atoms with van der Waals surface area (Å²) in [7, 11) is 0. The lowest BCUT2D eigenvalue weighted by molar-refractivity contribution is -0.169. The molecule has 2 aliphatic rings. The molecule has 0 radical (unpaired) electrons. The largest absolute Gasteiger partial charge is 0.461 e. The average molecular weight is 286 g/mol. The first kappa shape index (κ1) is 14.3. The van der Waals surface area contributed by atoms with E-state index in [1.807, 2.05) is 30.3 Å². The van der Waals surface area contributed by atoms with E-state index in [1.54, 1.807) is 0 Å². The van der Waals surface area contributed by atoms with Crippen LogP contribution in [-0.2, 0) is 9.53 Å². The number of hydrogen-bond acceptors (Lipinski definition) is 3. The molecule has 1 saturated carbocycles. The van der Waals surface area contributed by atoms with Gasteiger partial charge in [-0.1, -0.05) is 49.6 Å². The Balaban J connectivity index is 1.76. The number of cyclic esters (lactones) is 1. The molecule has 0 aromatic heterocycles. The fraction of sp³-hybridized carbons (Fsp3) is 0.556. The molecule has 1 atom stereocenters. The van der Waals surface area contributed by atoms with Crippen molar-refractivity contribution in [1.29, 1.82) is 0 Å². The molecule has 1 heterocycles. The normalized spacial score (nSPS) is 24.6. The summed E-state index contributed by atoms with van der Waals surface area (Å²) in [6, 6.07) is 9.31. The smallest absolute Gasteiger partial charge is 0.306 e. The maximum Gasteiger partial charge on any atom is 0.306 e. The highest BCUT2D eigenvalue weighted by Gasteiger charge is 2.46. The van der Waals surface area contributed by atoms with Crippen LogP contribution in [0.25, 0.3) is 0 Å². The molecule has 0 bridgehead atoms. The van der Waals surface area contributed by atoms with Crippen molar-refractivity contribution in [1.82, 2.24) is 0 Å². The fourth-order valence-electron chi connectivity index (χ4n) is 3.85. The van der Waals surface area contributed by atoms with Crippen LogP contribution in [-0.4, -0.2) is 17.9 Å². The summed E-state index contributed by atoms with van der Waals surface area (Å²) in [6.07, 6.45) is 7.31. The van der Waals surface area contributed by atoms with Crippen LogP contribution in [0.4, 0.5) is 0 Å². The number of ketones is 1. The molecular formula is C18H22O3. The van der Waals surface area contributed by atoms with Gasteiger partial charge in [-0.25, -0.2) is 0 Å². The maximum atomic E-state index is 12.5. The highest BCUT2D eigenvalue weighted by Crippen LogP contribution is 2.48. The summed E-state index contributed by atoms with van der Waals surface area (Å²) < 4.78 is 5.61. The zero-order valence-electron chi connectivity index (χ0n) is 12.3. The lowest BCUT2D eigenvalue weighted by atomic mass is 9.65. The number of hydrogen-bond donors (Lipinski definition) is 0. The van der Waals surface area contributed by atoms with Gasteiger partial charge in [0.15, 0.2) is 5.78 Å². The first-order valence-corrected chi connectivity index (χ1v) is 7.97. The zero-order valence-corrected chi connectivity index (χ0v) is 12.3. The van der Waals surface area contributed by atoms with Crippen molar-refractivity contribution in [2.24, 2.45) is 5.41 Å². The molecule has 3 nitrogen and oxygen atoms in total. The number of ether oxygens (including phenoxy) is 1. The third-order valence-corrected chi connectivity index (χ3v) is 5.10. The SMILES string of the molecule is O=C1CCC2(CCCCC2)C(CC(=O)c2ccccc2)O1. The molecule has 2 fully saturated rings. The van der Waals surface area contributed by atoms with Gasteiger partial charge in [0.05, 0.1) is 0 Å². The van der Waals surface area contributed by atoms with Gasteiger partial charge in [-0.05, 0) is 19.3 Å². The van der Waals surface area contributed by atoms with Crippen molar-refractivity contribution in [3.8, 4) is 0 Å². The van der Waals surface area contributed by atoms with E-state index in [2.05, 4.69) is 0 Å². The van der Waals surface area contributed by atoms with Gasteiger partial charge >= 0.3 is 5.97 Å². The molecule has 1 aliphatic carbocycles. The van der Waals surface area contributed by atoms with Crippen molar-refractivity contribution in [3.63, 3.8) is 0 Å². The van der Waals surface area contributed by atoms with E-state index in [-0.39, 0.29) is 23.3 Å². The van der Waals surface area contributed by atoms with Crippen LogP contribution in [0.3, 0.4) is 0 Å². The van der Waals surface area contributed by atoms with Gasteiger partial charge in [0.25, 0.3) is 0 Å². The second-order valence-electron chi connectivity index (χ2n) is 6.39. The molecule has 0 N–H and O–H groups in total. The van der Waals surface area contributed by atoms with Crippen molar-refractivity contribution in [2.75, 3.05) is 0 Å². The number of benzene rings is 1. The topological polar surface area (TPSA) is 43.4 Å². The van der Waals surface area contributed by atoms with E-state index in [9.17, 15) is 9.59 Å². The van der Waals surface area contributed by atoms with Crippen LogP contribution in [0.1, 0.15) is 61.7 Å². The van der Waals surface area contributed by atoms with Crippen LogP contribution in [0.15, 0.2) is 30.3 Å². The minimum Gasteiger partial charge on any atom is -0.461 e. The van der Waals surface area contributed by atoms with Crippen LogP contribution >= 0.6 is 0 Å². The summed E-state index contributed by atoms with van der Waals surface area (Å²) in [4.78, 5) is 24.1. The molecule has 1 spiro atoms. The molecule has 3 heteroatoms. The van der Waals surface area contributed by atoms with E-state index in [4.69, 9.17) is 4.74 Å². The fourth-order valence-corrected chi connectivity index (χ4v) is 3.85. The number of rotatable bonds is 3. The van der Waals surface area contributed by atoms with E-state index >= 15 is 0 Å². The van der Waals surface area contributed by atoms with Crippen LogP contribution in [0.2, 0.25) is 0 Å². The maximum absolute atomic E-state index is 12.5. The highest BCUT2D eigenvalue weighted by molar-refractivity contribution is 5.96. The lowest BCUT2D eigenvalue weighted by Gasteiger charge is -2.45. The van der Waals surface area contributed by atoms with Gasteiger partial charge in [0.2, 0.25) is 0 Å². The summed E-state index contributed by atoms with van der Waals surface area (Å²) >= 11 is 0. The first-order chi connectivity index (χ1) is 10.2. The zero-order chi connectivity index (χ0) is 14.7. The van der Waals surface area contributed by atoms with Crippen molar-refractivity contribution >= 4 is 11.8 Å². The van der Waals surface area contributed by atoms with E-state index in [1.165, 1.54) is 19.3 Å². The molecular weight excluding hydrogens is 264 g/mol. The lowest BCUT2D eigenvalue weighted by Crippen LogP contribution is -2.45. The summed E-state index contributed by atoms with van der Waals surface area (Å²) in [5.74, 6) is -0.0580. The van der Waals surface area contributed by atoms with E-state index in [0.29, 0.717) is 18.4 Å². The second kappa shape index (κ2) is 6.00. The first-order valence-electron chi connectivity index (χ1n) is 7.97. The average Bonchev–Trinajstić information content (AvgIpc) is 2.53. The Morgan fingerprint density at radius 3 is 2.52 bits per heavy atom. The monoisotopic (exact) mass is 286 g/mol. The Morgan fingerprint density at radius 1 is 1.10 bits per heavy atom. The molecule has 1 aromatic rings. The van der Waals surface area contributed by atoms with Gasteiger partial charge < -0.3 is 4.74 Å². The summed E-state index contributed by atoms with van der Waals surface area (Å²) in [5, 5.41) is 0. The standard InChI is InChI=1S/C18H22O3/c19-15(14-7-3-1-4-8-14)13-16-18(10-5-2-6-11-18)12-9-17(20)21-16/h1,3-4,7-8,16H,2,5-6,9-13H2. The minimum atomic E-state index is -0.230. The predicted molar refractivity (Wildman–Crippen MR) is 80.0 cm³/mol. The Labute approximate surface area is 125 Å². The molecule has 1 unspecified atom stereocenters. The van der Waals surface area contributed by atoms with Crippen molar-refractivity contribution < 1.29 is 14.3 Å². The minimum absolute atomic E-state index is 0.0522. The molecule has 1 aromatic carbocycles. The molecule has 1 aliphatic heterocycles. The summed E-state index contributed by atoms with van der Waals surface area (Å²) in [5.41, 5.74) is 0.765. The van der Waals surface area contributed by atoms with Gasteiger partial charge in [-0.15, -0.1) is 0 Å². The van der Waals surface area contributed by atoms with Crippen molar-refractivity contribution in [2.45, 2.75) is 57.5 Å². The number of Topliss-reactive ketones (excluding diaryl/α,β-unsaturated/α-hetero) is 1. The number of esters is 1. The van der Waals surface area contributed by atoms with Gasteiger partial charge in [0, 0.05) is 23.8 Å². The Hall–Kier alpha value is -1.64.